The van der Waals surface area contributed by atoms with Gasteiger partial charge in [0.25, 0.3) is 0 Å². The Kier molecular flexibility index (Phi) is 4.06. The molecule has 1 aliphatic rings. The highest BCUT2D eigenvalue weighted by atomic mass is 16.5. The minimum absolute atomic E-state index is 0.532. The van der Waals surface area contributed by atoms with E-state index in [0.717, 1.165) is 24.8 Å². The maximum absolute atomic E-state index is 5.69. The molecule has 1 aromatic rings. The second-order valence-corrected chi connectivity index (χ2v) is 5.58. The lowest BCUT2D eigenvalue weighted by Crippen LogP contribution is -2.13. The molecule has 94 valence electrons. The molecule has 0 unspecified atom stereocenters. The largest absolute Gasteiger partial charge is 0.493 e. The third-order valence-electron chi connectivity index (χ3n) is 3.22. The zero-order chi connectivity index (χ0) is 12.3. The van der Waals surface area contributed by atoms with Crippen LogP contribution < -0.4 is 10.1 Å². The van der Waals surface area contributed by atoms with Crippen molar-refractivity contribution < 1.29 is 4.74 Å². The zero-order valence-electron chi connectivity index (χ0n) is 11.1. The number of benzene rings is 1. The Bertz CT molecular complexity index is 344. The molecule has 2 heteroatoms. The first kappa shape index (κ1) is 12.4. The molecule has 0 aliphatic carbocycles. The lowest BCUT2D eigenvalue weighted by Gasteiger charge is -2.12. The molecule has 1 N–H and O–H groups in total. The van der Waals surface area contributed by atoms with Crippen LogP contribution in [-0.4, -0.2) is 13.2 Å². The van der Waals surface area contributed by atoms with Gasteiger partial charge in [0.2, 0.25) is 0 Å². The minimum Gasteiger partial charge on any atom is -0.493 e. The fourth-order valence-corrected chi connectivity index (χ4v) is 2.23. The Labute approximate surface area is 104 Å². The van der Waals surface area contributed by atoms with Crippen LogP contribution in [0.25, 0.3) is 0 Å². The average molecular weight is 233 g/mol. The van der Waals surface area contributed by atoms with E-state index in [-0.39, 0.29) is 0 Å². The molecule has 0 radical (unpaired) electrons. The number of hydrogen-bond acceptors (Lipinski definition) is 2. The molecule has 1 aromatic carbocycles. The van der Waals surface area contributed by atoms with E-state index in [1.165, 1.54) is 12.0 Å². The predicted octanol–water partition coefficient (Wildman–Crippen LogP) is 3.39. The van der Waals surface area contributed by atoms with E-state index in [4.69, 9.17) is 4.74 Å². The summed E-state index contributed by atoms with van der Waals surface area (Å²) < 4.78 is 5.69. The van der Waals surface area contributed by atoms with Crippen LogP contribution in [0.5, 0.6) is 5.75 Å². The first-order valence-electron chi connectivity index (χ1n) is 6.61. The van der Waals surface area contributed by atoms with Crippen LogP contribution in [0, 0.1) is 11.8 Å². The highest BCUT2D eigenvalue weighted by Crippen LogP contribution is 2.27. The van der Waals surface area contributed by atoms with E-state index in [9.17, 15) is 0 Å². The second kappa shape index (κ2) is 5.54. The quantitative estimate of drug-likeness (QED) is 0.860. The highest BCUT2D eigenvalue weighted by molar-refractivity contribution is 5.29. The smallest absolute Gasteiger partial charge is 0.119 e. The second-order valence-electron chi connectivity index (χ2n) is 5.58. The third kappa shape index (κ3) is 3.47. The van der Waals surface area contributed by atoms with Crippen molar-refractivity contribution in [3.8, 4) is 5.75 Å². The van der Waals surface area contributed by atoms with Crippen LogP contribution in [0.15, 0.2) is 24.3 Å². The maximum atomic E-state index is 5.69. The normalized spacial score (nSPS) is 24.2. The first-order valence-corrected chi connectivity index (χ1v) is 6.61. The molecular weight excluding hydrogens is 210 g/mol. The standard InChI is InChI=1S/C15H23NO/c1-11(2)10-17-14-6-4-13(5-7-14)15-8-12(3)9-16-15/h4-7,11-12,15-16H,8-10H2,1-3H3/t12-,15+/m1/s1. The van der Waals surface area contributed by atoms with E-state index in [1.807, 2.05) is 0 Å². The average Bonchev–Trinajstić information content (AvgIpc) is 2.74. The molecule has 1 fully saturated rings. The molecular formula is C15H23NO. The molecule has 0 bridgehead atoms. The van der Waals surface area contributed by atoms with Gasteiger partial charge >= 0.3 is 0 Å². The summed E-state index contributed by atoms with van der Waals surface area (Å²) in [4.78, 5) is 0. The summed E-state index contributed by atoms with van der Waals surface area (Å²) in [5.74, 6) is 2.34. The number of rotatable bonds is 4. The van der Waals surface area contributed by atoms with Gasteiger partial charge in [0.15, 0.2) is 0 Å². The Hall–Kier alpha value is -1.02. The Morgan fingerprint density at radius 1 is 1.29 bits per heavy atom. The van der Waals surface area contributed by atoms with Gasteiger partial charge < -0.3 is 10.1 Å². The Balaban J connectivity index is 1.93. The van der Waals surface area contributed by atoms with Crippen molar-refractivity contribution in [2.75, 3.05) is 13.2 Å². The number of ether oxygens (including phenoxy) is 1. The molecule has 2 nitrogen and oxygen atoms in total. The summed E-state index contributed by atoms with van der Waals surface area (Å²) in [6, 6.07) is 9.07. The molecule has 1 saturated heterocycles. The van der Waals surface area contributed by atoms with E-state index >= 15 is 0 Å². The molecule has 1 aliphatic heterocycles. The van der Waals surface area contributed by atoms with Crippen LogP contribution in [0.3, 0.4) is 0 Å². The highest BCUT2D eigenvalue weighted by Gasteiger charge is 2.21. The van der Waals surface area contributed by atoms with E-state index in [2.05, 4.69) is 50.4 Å². The van der Waals surface area contributed by atoms with Crippen molar-refractivity contribution in [1.29, 1.82) is 0 Å². The Morgan fingerprint density at radius 3 is 2.53 bits per heavy atom. The van der Waals surface area contributed by atoms with Crippen molar-refractivity contribution >= 4 is 0 Å². The van der Waals surface area contributed by atoms with Gasteiger partial charge in [-0.2, -0.15) is 0 Å². The van der Waals surface area contributed by atoms with Crippen LogP contribution in [0.2, 0.25) is 0 Å². The first-order chi connectivity index (χ1) is 8.15. The summed E-state index contributed by atoms with van der Waals surface area (Å²) in [6.07, 6.45) is 1.24. The van der Waals surface area contributed by atoms with Gasteiger partial charge in [0.1, 0.15) is 5.75 Å². The lowest BCUT2D eigenvalue weighted by atomic mass is 10.0. The molecule has 0 aromatic heterocycles. The fraction of sp³-hybridized carbons (Fsp3) is 0.600. The summed E-state index contributed by atoms with van der Waals surface area (Å²) in [5.41, 5.74) is 1.38. The molecule has 2 rings (SSSR count). The SMILES string of the molecule is CC(C)COc1ccc([C@@H]2C[C@@H](C)CN2)cc1. The van der Waals surface area contributed by atoms with Crippen molar-refractivity contribution in [3.05, 3.63) is 29.8 Å². The summed E-state index contributed by atoms with van der Waals surface area (Å²) >= 11 is 0. The summed E-state index contributed by atoms with van der Waals surface area (Å²) in [6.45, 7) is 8.55. The van der Waals surface area contributed by atoms with E-state index in [0.29, 0.717) is 12.0 Å². The molecule has 0 amide bonds. The van der Waals surface area contributed by atoms with Gasteiger partial charge in [-0.15, -0.1) is 0 Å². The van der Waals surface area contributed by atoms with Crippen LogP contribution in [0.4, 0.5) is 0 Å². The van der Waals surface area contributed by atoms with Gasteiger partial charge in [0.05, 0.1) is 6.61 Å². The van der Waals surface area contributed by atoms with Gasteiger partial charge in [-0.1, -0.05) is 32.9 Å². The zero-order valence-corrected chi connectivity index (χ0v) is 11.1. The Morgan fingerprint density at radius 2 is 2.00 bits per heavy atom. The van der Waals surface area contributed by atoms with Crippen LogP contribution in [0.1, 0.15) is 38.8 Å². The van der Waals surface area contributed by atoms with Crippen molar-refractivity contribution in [2.45, 2.75) is 33.2 Å². The minimum atomic E-state index is 0.532. The van der Waals surface area contributed by atoms with Crippen LogP contribution in [-0.2, 0) is 0 Å². The molecule has 0 saturated carbocycles. The number of nitrogens with one attached hydrogen (secondary N) is 1. The molecule has 2 atom stereocenters. The van der Waals surface area contributed by atoms with Crippen molar-refractivity contribution in [3.63, 3.8) is 0 Å². The fourth-order valence-electron chi connectivity index (χ4n) is 2.23. The van der Waals surface area contributed by atoms with Crippen LogP contribution >= 0.6 is 0 Å². The molecule has 17 heavy (non-hydrogen) atoms. The lowest BCUT2D eigenvalue weighted by molar-refractivity contribution is 0.271. The van der Waals surface area contributed by atoms with Crippen molar-refractivity contribution in [1.82, 2.24) is 5.32 Å². The number of hydrogen-bond donors (Lipinski definition) is 1. The third-order valence-corrected chi connectivity index (χ3v) is 3.22. The van der Waals surface area contributed by atoms with Gasteiger partial charge in [0, 0.05) is 6.04 Å². The molecule has 0 spiro atoms. The van der Waals surface area contributed by atoms with Gasteiger partial charge in [-0.25, -0.2) is 0 Å². The van der Waals surface area contributed by atoms with Gasteiger partial charge in [-0.3, -0.25) is 0 Å². The maximum Gasteiger partial charge on any atom is 0.119 e. The van der Waals surface area contributed by atoms with E-state index < -0.39 is 0 Å². The van der Waals surface area contributed by atoms with E-state index in [1.54, 1.807) is 0 Å². The summed E-state index contributed by atoms with van der Waals surface area (Å²) in [5, 5.41) is 3.55. The predicted molar refractivity (Wildman–Crippen MR) is 71.3 cm³/mol. The summed E-state index contributed by atoms with van der Waals surface area (Å²) in [7, 11) is 0. The topological polar surface area (TPSA) is 21.3 Å². The monoisotopic (exact) mass is 233 g/mol. The van der Waals surface area contributed by atoms with Crippen molar-refractivity contribution in [2.24, 2.45) is 11.8 Å². The molecule has 1 heterocycles. The van der Waals surface area contributed by atoms with Gasteiger partial charge in [-0.05, 0) is 42.5 Å².